The third-order valence-corrected chi connectivity index (χ3v) is 8.49. The molecule has 0 saturated carbocycles. The highest BCUT2D eigenvalue weighted by Gasteiger charge is 2.27. The molecule has 0 aliphatic heterocycles. The number of halogens is 2. The van der Waals surface area contributed by atoms with Gasteiger partial charge in [0, 0.05) is 31.7 Å². The van der Waals surface area contributed by atoms with Crippen molar-refractivity contribution in [3.05, 3.63) is 71.9 Å². The van der Waals surface area contributed by atoms with Crippen LogP contribution in [-0.4, -0.2) is 27.8 Å². The zero-order valence-electron chi connectivity index (χ0n) is 18.9. The van der Waals surface area contributed by atoms with Crippen LogP contribution in [0.5, 0.6) is 0 Å². The molecule has 180 valence electrons. The molecule has 4 aromatic rings. The minimum Gasteiger partial charge on any atom is -0.478 e. The highest BCUT2D eigenvalue weighted by atomic mass is 79.9. The highest BCUT2D eigenvalue weighted by molar-refractivity contribution is 9.11. The number of nitrogens with zero attached hydrogens (tertiary/aromatic N) is 2. The number of thiophene rings is 1. The Labute approximate surface area is 222 Å². The van der Waals surface area contributed by atoms with Crippen molar-refractivity contribution in [3.63, 3.8) is 0 Å². The van der Waals surface area contributed by atoms with E-state index in [1.807, 2.05) is 36.6 Å². The third kappa shape index (κ3) is 4.39. The summed E-state index contributed by atoms with van der Waals surface area (Å²) in [6.45, 7) is 3.87. The summed E-state index contributed by atoms with van der Waals surface area (Å²) in [5.74, 6) is -1.20. The van der Waals surface area contributed by atoms with Crippen molar-refractivity contribution < 1.29 is 19.1 Å². The quantitative estimate of drug-likeness (QED) is 0.191. The van der Waals surface area contributed by atoms with Gasteiger partial charge in [0.2, 0.25) is 0 Å². The Morgan fingerprint density at radius 2 is 1.94 bits per heavy atom. The van der Waals surface area contributed by atoms with Gasteiger partial charge in [-0.05, 0) is 85.3 Å². The Morgan fingerprint density at radius 3 is 2.71 bits per heavy atom. The normalized spacial score (nSPS) is 13.5. The van der Waals surface area contributed by atoms with Crippen LogP contribution in [0, 0.1) is 13.8 Å². The van der Waals surface area contributed by atoms with E-state index in [-0.39, 0.29) is 5.76 Å². The fourth-order valence-electron chi connectivity index (χ4n) is 4.56. The lowest BCUT2D eigenvalue weighted by atomic mass is 9.95. The number of hydrogen-bond donors (Lipinski definition) is 2. The van der Waals surface area contributed by atoms with Crippen molar-refractivity contribution in [2.75, 3.05) is 0 Å². The van der Waals surface area contributed by atoms with Gasteiger partial charge in [0.25, 0.3) is 0 Å². The topological polar surface area (TPSA) is 96.8 Å². The van der Waals surface area contributed by atoms with Gasteiger partial charge < -0.3 is 14.1 Å². The monoisotopic (exact) mass is 617 g/mol. The SMILES string of the molecule is Cc1cc(/C=N\NC(=O)c2cc3cc(Br)cc(Br)c3o2)c(C)n1-c1sc2c(c1C(=O)O)CCCC2. The van der Waals surface area contributed by atoms with Crippen LogP contribution in [0.15, 0.2) is 42.7 Å². The number of carboxylic acids is 1. The molecule has 3 aromatic heterocycles. The fourth-order valence-corrected chi connectivity index (χ4v) is 7.39. The Morgan fingerprint density at radius 1 is 1.17 bits per heavy atom. The summed E-state index contributed by atoms with van der Waals surface area (Å²) in [5, 5.41) is 15.6. The Bertz CT molecular complexity index is 1530. The zero-order valence-corrected chi connectivity index (χ0v) is 22.9. The molecular weight excluding hydrogens is 598 g/mol. The van der Waals surface area contributed by atoms with Crippen LogP contribution < -0.4 is 5.43 Å². The maximum absolute atomic E-state index is 12.6. The van der Waals surface area contributed by atoms with Crippen molar-refractivity contribution in [1.29, 1.82) is 0 Å². The van der Waals surface area contributed by atoms with E-state index in [4.69, 9.17) is 4.42 Å². The average Bonchev–Trinajstić information content (AvgIpc) is 3.47. The molecule has 35 heavy (non-hydrogen) atoms. The largest absolute Gasteiger partial charge is 0.478 e. The lowest BCUT2D eigenvalue weighted by Crippen LogP contribution is -2.16. The number of carbonyl (C=O) groups excluding carboxylic acids is 1. The van der Waals surface area contributed by atoms with Gasteiger partial charge >= 0.3 is 11.9 Å². The van der Waals surface area contributed by atoms with Gasteiger partial charge in [-0.3, -0.25) is 4.79 Å². The summed E-state index contributed by atoms with van der Waals surface area (Å²) >= 11 is 8.43. The number of benzene rings is 1. The maximum Gasteiger partial charge on any atom is 0.339 e. The Kier molecular flexibility index (Phi) is 6.45. The molecule has 1 aromatic carbocycles. The number of carboxylic acid groups (broad SMARTS) is 1. The molecule has 1 aliphatic rings. The first-order valence-corrected chi connectivity index (χ1v) is 13.4. The fraction of sp³-hybridized carbons (Fsp3) is 0.240. The van der Waals surface area contributed by atoms with Crippen molar-refractivity contribution in [1.82, 2.24) is 9.99 Å². The van der Waals surface area contributed by atoms with Crippen molar-refractivity contribution in [2.24, 2.45) is 5.10 Å². The van der Waals surface area contributed by atoms with Crippen LogP contribution in [0.25, 0.3) is 16.0 Å². The molecule has 0 unspecified atom stereocenters. The molecule has 0 saturated heterocycles. The smallest absolute Gasteiger partial charge is 0.339 e. The van der Waals surface area contributed by atoms with Gasteiger partial charge in [-0.25, -0.2) is 10.2 Å². The number of aromatic carboxylic acids is 1. The summed E-state index contributed by atoms with van der Waals surface area (Å²) in [6, 6.07) is 7.31. The number of carbonyl (C=O) groups is 2. The highest BCUT2D eigenvalue weighted by Crippen LogP contribution is 2.38. The number of aromatic nitrogens is 1. The number of hydrogen-bond acceptors (Lipinski definition) is 5. The third-order valence-electron chi connectivity index (χ3n) is 6.17. The predicted molar refractivity (Wildman–Crippen MR) is 143 cm³/mol. The molecule has 1 amide bonds. The summed E-state index contributed by atoms with van der Waals surface area (Å²) < 4.78 is 9.28. The molecule has 1 aliphatic carbocycles. The molecular formula is C25H21Br2N3O4S. The van der Waals surface area contributed by atoms with Crippen LogP contribution in [0.4, 0.5) is 0 Å². The minimum atomic E-state index is -0.890. The van der Waals surface area contributed by atoms with E-state index in [2.05, 4.69) is 42.4 Å². The van der Waals surface area contributed by atoms with E-state index < -0.39 is 11.9 Å². The van der Waals surface area contributed by atoms with E-state index in [1.165, 1.54) is 4.88 Å². The molecule has 0 bridgehead atoms. The Balaban J connectivity index is 1.41. The van der Waals surface area contributed by atoms with E-state index in [0.29, 0.717) is 11.1 Å². The van der Waals surface area contributed by atoms with Gasteiger partial charge in [0.1, 0.15) is 10.6 Å². The van der Waals surface area contributed by atoms with Crippen molar-refractivity contribution >= 4 is 72.3 Å². The van der Waals surface area contributed by atoms with Crippen LogP contribution in [0.3, 0.4) is 0 Å². The molecule has 10 heteroatoms. The van der Waals surface area contributed by atoms with Crippen LogP contribution >= 0.6 is 43.2 Å². The standard InChI is InChI=1S/C25H21Br2N3O4S/c1-12-7-15(11-28-29-23(31)19-9-14-8-16(26)10-18(27)22(14)34-19)13(2)30(12)24-21(25(32)33)17-5-3-4-6-20(17)35-24/h7-11H,3-6H2,1-2H3,(H,29,31)(H,32,33)/b28-11-. The molecule has 7 nitrogen and oxygen atoms in total. The lowest BCUT2D eigenvalue weighted by Gasteiger charge is -2.11. The molecule has 0 radical (unpaired) electrons. The first-order chi connectivity index (χ1) is 16.7. The second-order valence-electron chi connectivity index (χ2n) is 8.47. The summed E-state index contributed by atoms with van der Waals surface area (Å²) in [7, 11) is 0. The number of rotatable bonds is 5. The van der Waals surface area contributed by atoms with Gasteiger partial charge in [-0.2, -0.15) is 5.10 Å². The number of aryl methyl sites for hydroxylation is 2. The lowest BCUT2D eigenvalue weighted by molar-refractivity contribution is 0.0695. The number of hydrazone groups is 1. The maximum atomic E-state index is 12.6. The van der Waals surface area contributed by atoms with Gasteiger partial charge in [0.15, 0.2) is 5.76 Å². The summed E-state index contributed by atoms with van der Waals surface area (Å²) in [5.41, 5.74) is 7.04. The van der Waals surface area contributed by atoms with Crippen LogP contribution in [0.1, 0.15) is 61.1 Å². The summed E-state index contributed by atoms with van der Waals surface area (Å²) in [4.78, 5) is 25.9. The molecule has 2 N–H and O–H groups in total. The summed E-state index contributed by atoms with van der Waals surface area (Å²) in [6.07, 6.45) is 5.41. The number of furan rings is 1. The van der Waals surface area contributed by atoms with Crippen molar-refractivity contribution in [2.45, 2.75) is 39.5 Å². The number of amides is 1. The molecule has 5 rings (SSSR count). The van der Waals surface area contributed by atoms with E-state index in [9.17, 15) is 14.7 Å². The van der Waals surface area contributed by atoms with Gasteiger partial charge in [-0.1, -0.05) is 15.9 Å². The second kappa shape index (κ2) is 9.40. The number of fused-ring (bicyclic) bond motifs is 2. The molecule has 0 fully saturated rings. The van der Waals surface area contributed by atoms with E-state index in [0.717, 1.165) is 67.5 Å². The van der Waals surface area contributed by atoms with Crippen LogP contribution in [0.2, 0.25) is 0 Å². The van der Waals surface area contributed by atoms with Crippen molar-refractivity contribution in [3.8, 4) is 5.00 Å². The average molecular weight is 619 g/mol. The number of nitrogens with one attached hydrogen (secondary N) is 1. The Hall–Kier alpha value is -2.69. The predicted octanol–water partition coefficient (Wildman–Crippen LogP) is 6.77. The van der Waals surface area contributed by atoms with E-state index >= 15 is 0 Å². The van der Waals surface area contributed by atoms with Gasteiger partial charge in [-0.15, -0.1) is 11.3 Å². The molecule has 0 atom stereocenters. The zero-order chi connectivity index (χ0) is 24.9. The van der Waals surface area contributed by atoms with Gasteiger partial charge in [0.05, 0.1) is 16.3 Å². The first-order valence-electron chi connectivity index (χ1n) is 11.0. The molecule has 0 spiro atoms. The van der Waals surface area contributed by atoms with E-state index in [1.54, 1.807) is 23.6 Å². The first kappa shape index (κ1) is 24.0. The minimum absolute atomic E-state index is 0.150. The molecule has 3 heterocycles. The second-order valence-corrected chi connectivity index (χ2v) is 11.3. The van der Waals surface area contributed by atoms with Crippen LogP contribution in [-0.2, 0) is 12.8 Å².